The Kier molecular flexibility index (Phi) is 13.4. The molecule has 0 fully saturated rings. The SMILES string of the molecule is CCCCCCC(C)CC(C)CCNCCCC. The molecule has 0 spiro atoms. The molecule has 2 atom stereocenters. The second-order valence-electron chi connectivity index (χ2n) is 6.19. The molecule has 0 aromatic rings. The summed E-state index contributed by atoms with van der Waals surface area (Å²) in [4.78, 5) is 0. The van der Waals surface area contributed by atoms with E-state index in [1.165, 1.54) is 70.9 Å². The molecule has 0 aromatic carbocycles. The third-order valence-corrected chi connectivity index (χ3v) is 3.88. The summed E-state index contributed by atoms with van der Waals surface area (Å²) in [5.74, 6) is 1.81. The van der Waals surface area contributed by atoms with Gasteiger partial charge < -0.3 is 5.32 Å². The molecule has 0 heterocycles. The maximum Gasteiger partial charge on any atom is -0.00464 e. The van der Waals surface area contributed by atoms with Crippen molar-refractivity contribution in [2.75, 3.05) is 13.1 Å². The maximum atomic E-state index is 3.55. The third kappa shape index (κ3) is 12.4. The number of hydrogen-bond acceptors (Lipinski definition) is 1. The summed E-state index contributed by atoms with van der Waals surface area (Å²) >= 11 is 0. The van der Waals surface area contributed by atoms with E-state index in [2.05, 4.69) is 33.0 Å². The Labute approximate surface area is 116 Å². The van der Waals surface area contributed by atoms with Crippen LogP contribution in [0.3, 0.4) is 0 Å². The lowest BCUT2D eigenvalue weighted by atomic mass is 9.91. The van der Waals surface area contributed by atoms with Crippen LogP contribution in [0.2, 0.25) is 0 Å². The molecule has 2 unspecified atom stereocenters. The highest BCUT2D eigenvalue weighted by molar-refractivity contribution is 4.62. The fourth-order valence-corrected chi connectivity index (χ4v) is 2.62. The van der Waals surface area contributed by atoms with E-state index in [9.17, 15) is 0 Å². The highest BCUT2D eigenvalue weighted by Crippen LogP contribution is 2.20. The van der Waals surface area contributed by atoms with Gasteiger partial charge in [-0.05, 0) is 44.2 Å². The van der Waals surface area contributed by atoms with Crippen LogP contribution in [0.25, 0.3) is 0 Å². The first kappa shape index (κ1) is 18.0. The molecule has 0 radical (unpaired) electrons. The van der Waals surface area contributed by atoms with E-state index in [-0.39, 0.29) is 0 Å². The zero-order valence-electron chi connectivity index (χ0n) is 13.4. The average Bonchev–Trinajstić information content (AvgIpc) is 2.34. The average molecular weight is 255 g/mol. The van der Waals surface area contributed by atoms with Crippen molar-refractivity contribution in [1.82, 2.24) is 5.32 Å². The number of unbranched alkanes of at least 4 members (excludes halogenated alkanes) is 4. The second kappa shape index (κ2) is 13.4. The minimum atomic E-state index is 0.889. The molecule has 0 aliphatic heterocycles. The zero-order chi connectivity index (χ0) is 13.6. The van der Waals surface area contributed by atoms with Gasteiger partial charge in [0.05, 0.1) is 0 Å². The fraction of sp³-hybridized carbons (Fsp3) is 1.00. The quantitative estimate of drug-likeness (QED) is 0.435. The predicted molar refractivity (Wildman–Crippen MR) is 84.1 cm³/mol. The Hall–Kier alpha value is -0.0400. The Bertz CT molecular complexity index is 156. The van der Waals surface area contributed by atoms with Crippen molar-refractivity contribution in [3.05, 3.63) is 0 Å². The van der Waals surface area contributed by atoms with E-state index in [1.807, 2.05) is 0 Å². The summed E-state index contributed by atoms with van der Waals surface area (Å²) in [6, 6.07) is 0. The molecule has 0 amide bonds. The van der Waals surface area contributed by atoms with Gasteiger partial charge in [-0.2, -0.15) is 0 Å². The van der Waals surface area contributed by atoms with Gasteiger partial charge in [0.1, 0.15) is 0 Å². The molecule has 1 N–H and O–H groups in total. The topological polar surface area (TPSA) is 12.0 Å². The first-order chi connectivity index (χ1) is 8.70. The monoisotopic (exact) mass is 255 g/mol. The zero-order valence-corrected chi connectivity index (χ0v) is 13.4. The molecule has 0 aromatic heterocycles. The van der Waals surface area contributed by atoms with Crippen LogP contribution in [-0.4, -0.2) is 13.1 Å². The first-order valence-electron chi connectivity index (χ1n) is 8.41. The maximum absolute atomic E-state index is 3.55. The van der Waals surface area contributed by atoms with Crippen LogP contribution in [0, 0.1) is 11.8 Å². The van der Waals surface area contributed by atoms with Crippen molar-refractivity contribution in [2.24, 2.45) is 11.8 Å². The summed E-state index contributed by atoms with van der Waals surface area (Å²) in [6.45, 7) is 11.8. The second-order valence-corrected chi connectivity index (χ2v) is 6.19. The van der Waals surface area contributed by atoms with Crippen LogP contribution in [0.1, 0.15) is 85.5 Å². The lowest BCUT2D eigenvalue weighted by Gasteiger charge is -2.17. The van der Waals surface area contributed by atoms with Gasteiger partial charge in [0.15, 0.2) is 0 Å². The highest BCUT2D eigenvalue weighted by Gasteiger charge is 2.08. The molecule has 18 heavy (non-hydrogen) atoms. The number of rotatable bonds is 13. The summed E-state index contributed by atoms with van der Waals surface area (Å²) in [5, 5.41) is 3.55. The minimum Gasteiger partial charge on any atom is -0.317 e. The lowest BCUT2D eigenvalue weighted by Crippen LogP contribution is -2.19. The van der Waals surface area contributed by atoms with Gasteiger partial charge in [0.25, 0.3) is 0 Å². The minimum absolute atomic E-state index is 0.889. The van der Waals surface area contributed by atoms with Gasteiger partial charge in [0.2, 0.25) is 0 Å². The van der Waals surface area contributed by atoms with Crippen LogP contribution in [0.5, 0.6) is 0 Å². The molecule has 1 heteroatoms. The van der Waals surface area contributed by atoms with Crippen molar-refractivity contribution in [2.45, 2.75) is 85.5 Å². The van der Waals surface area contributed by atoms with Crippen LogP contribution in [0.15, 0.2) is 0 Å². The number of hydrogen-bond donors (Lipinski definition) is 1. The van der Waals surface area contributed by atoms with Gasteiger partial charge in [-0.15, -0.1) is 0 Å². The van der Waals surface area contributed by atoms with Crippen molar-refractivity contribution in [1.29, 1.82) is 0 Å². The van der Waals surface area contributed by atoms with Crippen LogP contribution >= 0.6 is 0 Å². The molecule has 1 nitrogen and oxygen atoms in total. The van der Waals surface area contributed by atoms with Crippen molar-refractivity contribution >= 4 is 0 Å². The van der Waals surface area contributed by atoms with Gasteiger partial charge >= 0.3 is 0 Å². The van der Waals surface area contributed by atoms with Crippen LogP contribution in [-0.2, 0) is 0 Å². The molecule has 110 valence electrons. The van der Waals surface area contributed by atoms with Crippen molar-refractivity contribution in [3.8, 4) is 0 Å². The van der Waals surface area contributed by atoms with Crippen LogP contribution < -0.4 is 5.32 Å². The van der Waals surface area contributed by atoms with Crippen LogP contribution in [0.4, 0.5) is 0 Å². The molecule has 0 saturated carbocycles. The predicted octanol–water partition coefficient (Wildman–Crippen LogP) is 5.40. The summed E-state index contributed by atoms with van der Waals surface area (Å²) < 4.78 is 0. The van der Waals surface area contributed by atoms with Gasteiger partial charge in [0, 0.05) is 0 Å². The Morgan fingerprint density at radius 3 is 2.06 bits per heavy atom. The normalized spacial score (nSPS) is 14.7. The van der Waals surface area contributed by atoms with E-state index in [4.69, 9.17) is 0 Å². The van der Waals surface area contributed by atoms with Gasteiger partial charge in [-0.3, -0.25) is 0 Å². The Morgan fingerprint density at radius 1 is 0.722 bits per heavy atom. The Morgan fingerprint density at radius 2 is 1.39 bits per heavy atom. The van der Waals surface area contributed by atoms with Crippen molar-refractivity contribution in [3.63, 3.8) is 0 Å². The molecule has 0 rings (SSSR count). The smallest absolute Gasteiger partial charge is 0.00464 e. The molecular formula is C17H37N. The Balaban J connectivity index is 3.34. The highest BCUT2D eigenvalue weighted by atomic mass is 14.8. The summed E-state index contributed by atoms with van der Waals surface area (Å²) in [5.41, 5.74) is 0. The van der Waals surface area contributed by atoms with Gasteiger partial charge in [-0.1, -0.05) is 66.2 Å². The summed E-state index contributed by atoms with van der Waals surface area (Å²) in [7, 11) is 0. The lowest BCUT2D eigenvalue weighted by molar-refractivity contribution is 0.362. The fourth-order valence-electron chi connectivity index (χ4n) is 2.62. The largest absolute Gasteiger partial charge is 0.317 e. The molecule has 0 aliphatic carbocycles. The standard InChI is InChI=1S/C17H37N/c1-5-7-9-10-11-16(3)15-17(4)12-14-18-13-8-6-2/h16-18H,5-15H2,1-4H3. The molecule has 0 bridgehead atoms. The third-order valence-electron chi connectivity index (χ3n) is 3.88. The van der Waals surface area contributed by atoms with Crippen molar-refractivity contribution < 1.29 is 0 Å². The van der Waals surface area contributed by atoms with E-state index in [0.717, 1.165) is 11.8 Å². The number of nitrogens with one attached hydrogen (secondary N) is 1. The molecular weight excluding hydrogens is 218 g/mol. The summed E-state index contributed by atoms with van der Waals surface area (Å²) in [6.07, 6.45) is 12.5. The van der Waals surface area contributed by atoms with E-state index in [1.54, 1.807) is 0 Å². The van der Waals surface area contributed by atoms with E-state index in [0.29, 0.717) is 0 Å². The first-order valence-corrected chi connectivity index (χ1v) is 8.41. The van der Waals surface area contributed by atoms with Gasteiger partial charge in [-0.25, -0.2) is 0 Å². The molecule has 0 saturated heterocycles. The molecule has 0 aliphatic rings. The van der Waals surface area contributed by atoms with E-state index >= 15 is 0 Å². The van der Waals surface area contributed by atoms with E-state index < -0.39 is 0 Å².